The van der Waals surface area contributed by atoms with Gasteiger partial charge in [-0.05, 0) is 6.42 Å². The maximum absolute atomic E-state index is 11.0. The van der Waals surface area contributed by atoms with Crippen LogP contribution in [0.3, 0.4) is 0 Å². The van der Waals surface area contributed by atoms with Crippen LogP contribution in [0.1, 0.15) is 12.8 Å². The number of nitrogens with zero attached hydrogens (tertiary/aromatic N) is 2. The first-order valence-electron chi connectivity index (χ1n) is 6.22. The van der Waals surface area contributed by atoms with E-state index in [9.17, 15) is 4.79 Å². The smallest absolute Gasteiger partial charge is 0.307 e. The first-order valence-corrected chi connectivity index (χ1v) is 6.22. The molecule has 1 aliphatic heterocycles. The average molecular weight is 385 g/mol. The van der Waals surface area contributed by atoms with Gasteiger partial charge in [0.25, 0.3) is 0 Å². The zero-order chi connectivity index (χ0) is 13.4. The number of halogens is 1. The van der Waals surface area contributed by atoms with Gasteiger partial charge >= 0.3 is 5.97 Å². The summed E-state index contributed by atoms with van der Waals surface area (Å²) < 4.78 is 9.76. The fourth-order valence-electron chi connectivity index (χ4n) is 2.11. The third-order valence-corrected chi connectivity index (χ3v) is 3.04. The van der Waals surface area contributed by atoms with E-state index < -0.39 is 0 Å². The fraction of sp³-hybridized carbons (Fsp3) is 0.833. The van der Waals surface area contributed by atoms with Crippen LogP contribution < -0.4 is 5.32 Å². The van der Waals surface area contributed by atoms with Crippen LogP contribution in [0.15, 0.2) is 4.99 Å². The number of nitrogens with one attached hydrogen (secondary N) is 1. The Hall–Kier alpha value is -0.570. The van der Waals surface area contributed by atoms with E-state index in [0.717, 1.165) is 32.1 Å². The van der Waals surface area contributed by atoms with Crippen molar-refractivity contribution < 1.29 is 14.3 Å². The number of carbonyl (C=O) groups excluding carboxylic acids is 1. The van der Waals surface area contributed by atoms with Gasteiger partial charge in [-0.2, -0.15) is 0 Å². The van der Waals surface area contributed by atoms with Crippen molar-refractivity contribution in [2.45, 2.75) is 12.8 Å². The second-order valence-corrected chi connectivity index (χ2v) is 4.36. The van der Waals surface area contributed by atoms with Crippen LogP contribution in [-0.4, -0.2) is 64.3 Å². The topological polar surface area (TPSA) is 63.2 Å². The summed E-state index contributed by atoms with van der Waals surface area (Å²) in [5, 5.41) is 3.17. The third kappa shape index (κ3) is 6.42. The lowest BCUT2D eigenvalue weighted by Gasteiger charge is -2.21. The van der Waals surface area contributed by atoms with Crippen molar-refractivity contribution >= 4 is 35.9 Å². The van der Waals surface area contributed by atoms with E-state index in [1.807, 2.05) is 0 Å². The Kier molecular flexibility index (Phi) is 9.94. The van der Waals surface area contributed by atoms with Crippen LogP contribution in [0.4, 0.5) is 0 Å². The highest BCUT2D eigenvalue weighted by Crippen LogP contribution is 2.16. The average Bonchev–Trinajstić information content (AvgIpc) is 2.83. The number of guanidine groups is 1. The molecule has 0 aromatic heterocycles. The monoisotopic (exact) mass is 385 g/mol. The second kappa shape index (κ2) is 10.2. The maximum atomic E-state index is 11.0. The number of carbonyl (C=O) groups is 1. The van der Waals surface area contributed by atoms with E-state index in [1.54, 1.807) is 14.2 Å². The molecule has 7 heteroatoms. The van der Waals surface area contributed by atoms with Gasteiger partial charge in [0.2, 0.25) is 0 Å². The summed E-state index contributed by atoms with van der Waals surface area (Å²) in [6, 6.07) is 0. The number of likely N-dealkylation sites (tertiary alicyclic amines) is 1. The van der Waals surface area contributed by atoms with Crippen molar-refractivity contribution in [3.05, 3.63) is 0 Å². The lowest BCUT2D eigenvalue weighted by Crippen LogP contribution is -2.41. The third-order valence-electron chi connectivity index (χ3n) is 3.04. The molecule has 1 aliphatic rings. The van der Waals surface area contributed by atoms with Crippen molar-refractivity contribution in [3.63, 3.8) is 0 Å². The Balaban J connectivity index is 0.00000324. The highest BCUT2D eigenvalue weighted by molar-refractivity contribution is 14.0. The summed E-state index contributed by atoms with van der Waals surface area (Å²) in [4.78, 5) is 17.4. The molecule has 0 aromatic rings. The Labute approximate surface area is 131 Å². The van der Waals surface area contributed by atoms with Crippen LogP contribution in [0, 0.1) is 5.92 Å². The number of ether oxygens (including phenoxy) is 2. The summed E-state index contributed by atoms with van der Waals surface area (Å²) >= 11 is 0. The predicted octanol–water partition coefficient (Wildman–Crippen LogP) is 0.711. The highest BCUT2D eigenvalue weighted by Gasteiger charge is 2.24. The van der Waals surface area contributed by atoms with Crippen molar-refractivity contribution in [1.29, 1.82) is 0 Å². The molecule has 112 valence electrons. The molecule has 0 aliphatic carbocycles. The number of methoxy groups -OCH3 is 2. The molecule has 0 bridgehead atoms. The molecule has 0 spiro atoms. The standard InChI is InChI=1S/C12H23N3O3.HI/c1-13-12(14-6-4-11(16)18-3)15-7-5-10(8-15)9-17-2;/h10H,4-9H2,1-3H3,(H,13,14);1H. The minimum absolute atomic E-state index is 0. The van der Waals surface area contributed by atoms with E-state index in [0.29, 0.717) is 18.9 Å². The molecule has 0 amide bonds. The predicted molar refractivity (Wildman–Crippen MR) is 85.0 cm³/mol. The molecule has 1 saturated heterocycles. The summed E-state index contributed by atoms with van der Waals surface area (Å²) in [6.45, 7) is 3.26. The van der Waals surface area contributed by atoms with Crippen LogP contribution in [0.2, 0.25) is 0 Å². The normalized spacial score (nSPS) is 19.0. The maximum Gasteiger partial charge on any atom is 0.307 e. The Morgan fingerprint density at radius 3 is 2.79 bits per heavy atom. The summed E-state index contributed by atoms with van der Waals surface area (Å²) in [5.41, 5.74) is 0. The Morgan fingerprint density at radius 2 is 2.21 bits per heavy atom. The van der Waals surface area contributed by atoms with E-state index >= 15 is 0 Å². The van der Waals surface area contributed by atoms with Gasteiger partial charge in [0.15, 0.2) is 5.96 Å². The Morgan fingerprint density at radius 1 is 1.47 bits per heavy atom. The van der Waals surface area contributed by atoms with Crippen molar-refractivity contribution in [2.75, 3.05) is 47.5 Å². The quantitative estimate of drug-likeness (QED) is 0.327. The Bertz CT molecular complexity index is 300. The van der Waals surface area contributed by atoms with Crippen LogP contribution in [0.5, 0.6) is 0 Å². The highest BCUT2D eigenvalue weighted by atomic mass is 127. The number of rotatable bonds is 5. The summed E-state index contributed by atoms with van der Waals surface area (Å²) in [6.07, 6.45) is 1.47. The summed E-state index contributed by atoms with van der Waals surface area (Å²) in [7, 11) is 4.88. The molecule has 0 aromatic carbocycles. The molecule has 1 rings (SSSR count). The fourth-order valence-corrected chi connectivity index (χ4v) is 2.11. The zero-order valence-electron chi connectivity index (χ0n) is 11.8. The van der Waals surface area contributed by atoms with Gasteiger partial charge in [0.1, 0.15) is 0 Å². The number of aliphatic imine (C=N–C) groups is 1. The van der Waals surface area contributed by atoms with Crippen molar-refractivity contribution in [1.82, 2.24) is 10.2 Å². The molecule has 1 atom stereocenters. The molecule has 1 fully saturated rings. The molecule has 0 saturated carbocycles. The van der Waals surface area contributed by atoms with E-state index in [1.165, 1.54) is 7.11 Å². The molecule has 1 N–H and O–H groups in total. The van der Waals surface area contributed by atoms with Crippen LogP contribution in [0.25, 0.3) is 0 Å². The van der Waals surface area contributed by atoms with Gasteiger partial charge in [-0.1, -0.05) is 0 Å². The van der Waals surface area contributed by atoms with Gasteiger partial charge in [-0.25, -0.2) is 0 Å². The first-order chi connectivity index (χ1) is 8.71. The molecular weight excluding hydrogens is 361 g/mol. The van der Waals surface area contributed by atoms with E-state index in [-0.39, 0.29) is 29.9 Å². The minimum Gasteiger partial charge on any atom is -0.469 e. The lowest BCUT2D eigenvalue weighted by molar-refractivity contribution is -0.140. The summed E-state index contributed by atoms with van der Waals surface area (Å²) in [5.74, 6) is 1.20. The molecule has 6 nitrogen and oxygen atoms in total. The van der Waals surface area contributed by atoms with Crippen LogP contribution in [-0.2, 0) is 14.3 Å². The molecular formula is C12H24IN3O3. The van der Waals surface area contributed by atoms with E-state index in [4.69, 9.17) is 4.74 Å². The van der Waals surface area contributed by atoms with Crippen molar-refractivity contribution in [3.8, 4) is 0 Å². The van der Waals surface area contributed by atoms with Gasteiger partial charge in [0.05, 0.1) is 20.1 Å². The zero-order valence-corrected chi connectivity index (χ0v) is 14.2. The van der Waals surface area contributed by atoms with Gasteiger partial charge in [-0.15, -0.1) is 24.0 Å². The van der Waals surface area contributed by atoms with Gasteiger partial charge in [0, 0.05) is 39.7 Å². The second-order valence-electron chi connectivity index (χ2n) is 4.36. The minimum atomic E-state index is -0.211. The van der Waals surface area contributed by atoms with Crippen molar-refractivity contribution in [2.24, 2.45) is 10.9 Å². The molecule has 19 heavy (non-hydrogen) atoms. The number of hydrogen-bond donors (Lipinski definition) is 1. The molecule has 1 heterocycles. The molecule has 1 unspecified atom stereocenters. The van der Waals surface area contributed by atoms with Gasteiger partial charge < -0.3 is 19.7 Å². The molecule has 0 radical (unpaired) electrons. The van der Waals surface area contributed by atoms with Crippen LogP contribution >= 0.6 is 24.0 Å². The largest absolute Gasteiger partial charge is 0.469 e. The van der Waals surface area contributed by atoms with E-state index in [2.05, 4.69) is 19.9 Å². The SMILES string of the molecule is CN=C(NCCC(=O)OC)N1CCC(COC)C1.I. The number of hydrogen-bond acceptors (Lipinski definition) is 4. The first kappa shape index (κ1) is 18.4. The van der Waals surface area contributed by atoms with Gasteiger partial charge in [-0.3, -0.25) is 9.79 Å². The number of esters is 1. The lowest BCUT2D eigenvalue weighted by atomic mass is 10.1.